The van der Waals surface area contributed by atoms with Crippen LogP contribution in [-0.4, -0.2) is 38.0 Å². The van der Waals surface area contributed by atoms with Crippen LogP contribution in [0.3, 0.4) is 0 Å². The van der Waals surface area contributed by atoms with Crippen LogP contribution in [0, 0.1) is 5.41 Å². The first-order valence-electron chi connectivity index (χ1n) is 7.01. The number of carbonyl (C=O) groups excluding carboxylic acids is 1. The van der Waals surface area contributed by atoms with Gasteiger partial charge in [0.15, 0.2) is 0 Å². The molecule has 0 saturated heterocycles. The number of carbonyl (C=O) groups is 1. The second-order valence-electron chi connectivity index (χ2n) is 6.03. The van der Waals surface area contributed by atoms with Crippen LogP contribution in [0.25, 0.3) is 0 Å². The van der Waals surface area contributed by atoms with Crippen LogP contribution < -0.4 is 21.7 Å². The molecule has 0 aliphatic rings. The maximum Gasteiger partial charge on any atom is 0.407 e. The van der Waals surface area contributed by atoms with E-state index in [9.17, 15) is 4.79 Å². The molecule has 0 aromatic heterocycles. The van der Waals surface area contributed by atoms with Crippen molar-refractivity contribution in [1.82, 2.24) is 5.32 Å². The van der Waals surface area contributed by atoms with Crippen molar-refractivity contribution >= 4 is 29.4 Å². The van der Waals surface area contributed by atoms with E-state index < -0.39 is 11.7 Å². The van der Waals surface area contributed by atoms with Gasteiger partial charge in [-0.1, -0.05) is 0 Å². The van der Waals surface area contributed by atoms with Gasteiger partial charge in [-0.25, -0.2) is 4.79 Å². The van der Waals surface area contributed by atoms with Crippen LogP contribution in [0.4, 0.5) is 21.9 Å². The number of nitrogens with two attached hydrogens (primary N) is 2. The van der Waals surface area contributed by atoms with Gasteiger partial charge in [-0.3, -0.25) is 0 Å². The Labute approximate surface area is 131 Å². The second kappa shape index (κ2) is 7.02. The number of hydrogen-bond donors (Lipinski definition) is 4. The molecule has 0 saturated carbocycles. The van der Waals surface area contributed by atoms with Gasteiger partial charge in [0, 0.05) is 37.6 Å². The first-order valence-corrected chi connectivity index (χ1v) is 7.01. The van der Waals surface area contributed by atoms with Gasteiger partial charge in [-0.05, 0) is 32.9 Å². The van der Waals surface area contributed by atoms with E-state index >= 15 is 0 Å². The van der Waals surface area contributed by atoms with Crippen LogP contribution in [-0.2, 0) is 4.74 Å². The molecule has 0 heterocycles. The van der Waals surface area contributed by atoms with Crippen molar-refractivity contribution in [1.29, 1.82) is 5.41 Å². The molecule has 0 aliphatic carbocycles. The SMILES string of the molecule is CN(CCNC(=O)OC(C)(C)C)c1cc(N)c(C=N)cc1N. The first-order chi connectivity index (χ1) is 10.1. The Morgan fingerprint density at radius 1 is 1.36 bits per heavy atom. The molecule has 0 aliphatic heterocycles. The van der Waals surface area contributed by atoms with Crippen molar-refractivity contribution < 1.29 is 9.53 Å². The highest BCUT2D eigenvalue weighted by molar-refractivity contribution is 5.90. The third kappa shape index (κ3) is 5.16. The van der Waals surface area contributed by atoms with Crippen LogP contribution in [0.15, 0.2) is 12.1 Å². The lowest BCUT2D eigenvalue weighted by Crippen LogP contribution is -2.37. The summed E-state index contributed by atoms with van der Waals surface area (Å²) in [6.07, 6.45) is 0.715. The maximum atomic E-state index is 11.6. The predicted octanol–water partition coefficient (Wildman–Crippen LogP) is 1.81. The lowest BCUT2D eigenvalue weighted by Gasteiger charge is -2.23. The van der Waals surface area contributed by atoms with Gasteiger partial charge in [0.25, 0.3) is 0 Å². The summed E-state index contributed by atoms with van der Waals surface area (Å²) in [5, 5.41) is 9.94. The van der Waals surface area contributed by atoms with E-state index in [-0.39, 0.29) is 0 Å². The number of likely N-dealkylation sites (N-methyl/N-ethyl adjacent to an activating group) is 1. The van der Waals surface area contributed by atoms with Gasteiger partial charge >= 0.3 is 6.09 Å². The van der Waals surface area contributed by atoms with E-state index in [2.05, 4.69) is 5.32 Å². The number of amides is 1. The van der Waals surface area contributed by atoms with Crippen molar-refractivity contribution in [3.63, 3.8) is 0 Å². The van der Waals surface area contributed by atoms with E-state index in [0.29, 0.717) is 30.0 Å². The Hall–Kier alpha value is -2.44. The molecule has 0 fully saturated rings. The van der Waals surface area contributed by atoms with Crippen LogP contribution in [0.5, 0.6) is 0 Å². The summed E-state index contributed by atoms with van der Waals surface area (Å²) in [4.78, 5) is 13.4. The molecular formula is C15H25N5O2. The second-order valence-corrected chi connectivity index (χ2v) is 6.03. The van der Waals surface area contributed by atoms with Gasteiger partial charge < -0.3 is 31.8 Å². The fraction of sp³-hybridized carbons (Fsp3) is 0.467. The van der Waals surface area contributed by atoms with Crippen molar-refractivity contribution in [2.75, 3.05) is 36.5 Å². The standard InChI is InChI=1S/C15H25N5O2/c1-15(2,3)22-14(21)19-5-6-20(4)13-8-11(17)10(9-16)7-12(13)18/h7-9,16H,5-6,17-18H2,1-4H3,(H,19,21). The molecule has 6 N–H and O–H groups in total. The average Bonchev–Trinajstić information content (AvgIpc) is 2.38. The fourth-order valence-corrected chi connectivity index (χ4v) is 1.85. The largest absolute Gasteiger partial charge is 0.444 e. The van der Waals surface area contributed by atoms with E-state index in [1.165, 1.54) is 6.21 Å². The number of hydrogen-bond acceptors (Lipinski definition) is 6. The van der Waals surface area contributed by atoms with Crippen LogP contribution in [0.2, 0.25) is 0 Å². The Bertz CT molecular complexity index is 552. The van der Waals surface area contributed by atoms with Crippen molar-refractivity contribution in [2.45, 2.75) is 26.4 Å². The van der Waals surface area contributed by atoms with E-state index in [1.54, 1.807) is 12.1 Å². The lowest BCUT2D eigenvalue weighted by atomic mass is 10.1. The Morgan fingerprint density at radius 2 is 2.00 bits per heavy atom. The van der Waals surface area contributed by atoms with E-state index in [0.717, 1.165) is 5.69 Å². The smallest absolute Gasteiger partial charge is 0.407 e. The van der Waals surface area contributed by atoms with Gasteiger partial charge in [-0.2, -0.15) is 0 Å². The Kier molecular flexibility index (Phi) is 5.62. The Balaban J connectivity index is 2.59. The average molecular weight is 307 g/mol. The topological polar surface area (TPSA) is 117 Å². The lowest BCUT2D eigenvalue weighted by molar-refractivity contribution is 0.0529. The monoisotopic (exact) mass is 307 g/mol. The minimum absolute atomic E-state index is 0.414. The van der Waals surface area contributed by atoms with E-state index in [4.69, 9.17) is 21.6 Å². The minimum Gasteiger partial charge on any atom is -0.444 e. The van der Waals surface area contributed by atoms with Crippen molar-refractivity contribution in [3.8, 4) is 0 Å². The molecule has 1 aromatic carbocycles. The van der Waals surface area contributed by atoms with Crippen LogP contribution in [0.1, 0.15) is 26.3 Å². The number of anilines is 3. The van der Waals surface area contributed by atoms with Gasteiger partial charge in [0.2, 0.25) is 0 Å². The number of nitrogen functional groups attached to an aromatic ring is 2. The van der Waals surface area contributed by atoms with Crippen molar-refractivity contribution in [3.05, 3.63) is 17.7 Å². The molecule has 7 nitrogen and oxygen atoms in total. The zero-order valence-corrected chi connectivity index (χ0v) is 13.6. The predicted molar refractivity (Wildman–Crippen MR) is 90.7 cm³/mol. The molecule has 0 atom stereocenters. The molecule has 1 rings (SSSR count). The zero-order valence-electron chi connectivity index (χ0n) is 13.6. The Morgan fingerprint density at radius 3 is 2.55 bits per heavy atom. The fourth-order valence-electron chi connectivity index (χ4n) is 1.85. The van der Waals surface area contributed by atoms with Crippen LogP contribution >= 0.6 is 0 Å². The highest BCUT2D eigenvalue weighted by Crippen LogP contribution is 2.27. The molecule has 0 spiro atoms. The number of ether oxygens (including phenoxy) is 1. The molecule has 1 amide bonds. The number of nitrogens with zero attached hydrogens (tertiary/aromatic N) is 1. The zero-order chi connectivity index (χ0) is 16.9. The number of benzene rings is 1. The number of rotatable bonds is 5. The number of alkyl carbamates (subject to hydrolysis) is 1. The van der Waals surface area contributed by atoms with Crippen molar-refractivity contribution in [2.24, 2.45) is 0 Å². The quantitative estimate of drug-likeness (QED) is 0.489. The molecule has 0 unspecified atom stereocenters. The molecule has 122 valence electrons. The third-order valence-corrected chi connectivity index (χ3v) is 2.91. The summed E-state index contributed by atoms with van der Waals surface area (Å²) in [5.41, 5.74) is 13.7. The molecule has 0 radical (unpaired) electrons. The first kappa shape index (κ1) is 17.6. The molecule has 1 aromatic rings. The molecule has 7 heteroatoms. The molecule has 22 heavy (non-hydrogen) atoms. The summed E-state index contributed by atoms with van der Waals surface area (Å²) >= 11 is 0. The highest BCUT2D eigenvalue weighted by atomic mass is 16.6. The molecular weight excluding hydrogens is 282 g/mol. The van der Waals surface area contributed by atoms with Gasteiger partial charge in [-0.15, -0.1) is 0 Å². The summed E-state index contributed by atoms with van der Waals surface area (Å²) in [6, 6.07) is 3.39. The van der Waals surface area contributed by atoms with Gasteiger partial charge in [0.05, 0.1) is 11.4 Å². The minimum atomic E-state index is -0.516. The maximum absolute atomic E-state index is 11.6. The highest BCUT2D eigenvalue weighted by Gasteiger charge is 2.16. The molecule has 0 bridgehead atoms. The number of nitrogens with one attached hydrogen (secondary N) is 2. The summed E-state index contributed by atoms with van der Waals surface area (Å²) in [6.45, 7) is 6.40. The normalized spacial score (nSPS) is 10.9. The van der Waals surface area contributed by atoms with E-state index in [1.807, 2.05) is 32.7 Å². The van der Waals surface area contributed by atoms with Gasteiger partial charge in [0.1, 0.15) is 5.60 Å². The summed E-state index contributed by atoms with van der Waals surface area (Å²) < 4.78 is 5.16. The third-order valence-electron chi connectivity index (χ3n) is 2.91. The summed E-state index contributed by atoms with van der Waals surface area (Å²) in [5.74, 6) is 0. The summed E-state index contributed by atoms with van der Waals surface area (Å²) in [7, 11) is 1.85.